The SMILES string of the molecule is COc1ccc(-c2nc(CSc3nncn3-c3ccc(C)cc3C)cs2)c(OC)c1. The van der Waals surface area contributed by atoms with Gasteiger partial charge in [0.1, 0.15) is 22.8 Å². The third-order valence-electron chi connectivity index (χ3n) is 4.67. The van der Waals surface area contributed by atoms with E-state index >= 15 is 0 Å². The van der Waals surface area contributed by atoms with Gasteiger partial charge in [0.05, 0.1) is 31.2 Å². The fraction of sp³-hybridized carbons (Fsp3) is 0.227. The Kier molecular flexibility index (Phi) is 6.06. The Hall–Kier alpha value is -2.84. The summed E-state index contributed by atoms with van der Waals surface area (Å²) in [4.78, 5) is 4.80. The number of ether oxygens (including phenoxy) is 2. The molecule has 0 saturated heterocycles. The van der Waals surface area contributed by atoms with E-state index in [-0.39, 0.29) is 0 Å². The highest BCUT2D eigenvalue weighted by atomic mass is 32.2. The van der Waals surface area contributed by atoms with Crippen molar-refractivity contribution in [2.45, 2.75) is 24.8 Å². The lowest BCUT2D eigenvalue weighted by Crippen LogP contribution is -1.98. The number of nitrogens with zero attached hydrogens (tertiary/aromatic N) is 4. The minimum atomic E-state index is 0.707. The highest BCUT2D eigenvalue weighted by molar-refractivity contribution is 7.98. The zero-order chi connectivity index (χ0) is 21.1. The summed E-state index contributed by atoms with van der Waals surface area (Å²) in [6.45, 7) is 4.20. The molecule has 2 aromatic heterocycles. The van der Waals surface area contributed by atoms with Crippen LogP contribution in [0.4, 0.5) is 0 Å². The van der Waals surface area contributed by atoms with Gasteiger partial charge in [-0.05, 0) is 37.6 Å². The lowest BCUT2D eigenvalue weighted by atomic mass is 10.1. The van der Waals surface area contributed by atoms with Crippen molar-refractivity contribution in [3.63, 3.8) is 0 Å². The smallest absolute Gasteiger partial charge is 0.196 e. The largest absolute Gasteiger partial charge is 0.497 e. The van der Waals surface area contributed by atoms with E-state index in [1.54, 1.807) is 43.6 Å². The number of hydrogen-bond donors (Lipinski definition) is 0. The van der Waals surface area contributed by atoms with Gasteiger partial charge in [0.25, 0.3) is 0 Å². The lowest BCUT2D eigenvalue weighted by molar-refractivity contribution is 0.395. The molecule has 0 aliphatic carbocycles. The van der Waals surface area contributed by atoms with Crippen molar-refractivity contribution in [1.82, 2.24) is 19.7 Å². The molecule has 4 rings (SSSR count). The second-order valence-corrected chi connectivity index (χ2v) is 8.57. The van der Waals surface area contributed by atoms with Crippen LogP contribution in [-0.4, -0.2) is 34.0 Å². The molecule has 30 heavy (non-hydrogen) atoms. The number of rotatable bonds is 7. The van der Waals surface area contributed by atoms with E-state index in [9.17, 15) is 0 Å². The van der Waals surface area contributed by atoms with Gasteiger partial charge in [-0.15, -0.1) is 21.5 Å². The van der Waals surface area contributed by atoms with Crippen molar-refractivity contribution in [3.05, 3.63) is 64.9 Å². The molecule has 0 radical (unpaired) electrons. The van der Waals surface area contributed by atoms with Crippen LogP contribution in [0, 0.1) is 13.8 Å². The molecule has 0 N–H and O–H groups in total. The number of methoxy groups -OCH3 is 2. The first-order valence-corrected chi connectivity index (χ1v) is 11.2. The Morgan fingerprint density at radius 3 is 2.70 bits per heavy atom. The van der Waals surface area contributed by atoms with Crippen LogP contribution in [0.3, 0.4) is 0 Å². The Labute approximate surface area is 183 Å². The fourth-order valence-corrected chi connectivity index (χ4v) is 4.94. The standard InChI is InChI=1S/C22H22N4O2S2/c1-14-5-8-19(15(2)9-14)26-13-23-25-22(26)30-12-16-11-29-21(24-16)18-7-6-17(27-3)10-20(18)28-4/h5-11,13H,12H2,1-4H3. The van der Waals surface area contributed by atoms with Crippen molar-refractivity contribution in [3.8, 4) is 27.8 Å². The molecule has 154 valence electrons. The van der Waals surface area contributed by atoms with Gasteiger partial charge in [0, 0.05) is 17.2 Å². The normalized spacial score (nSPS) is 10.9. The first-order chi connectivity index (χ1) is 14.6. The fourth-order valence-electron chi connectivity index (χ4n) is 3.17. The maximum Gasteiger partial charge on any atom is 0.196 e. The lowest BCUT2D eigenvalue weighted by Gasteiger charge is -2.09. The molecule has 0 amide bonds. The molecule has 0 bridgehead atoms. The second kappa shape index (κ2) is 8.89. The summed E-state index contributed by atoms with van der Waals surface area (Å²) in [6.07, 6.45) is 1.76. The third-order valence-corrected chi connectivity index (χ3v) is 6.57. The Balaban J connectivity index is 1.52. The summed E-state index contributed by atoms with van der Waals surface area (Å²) >= 11 is 3.22. The van der Waals surface area contributed by atoms with Crippen molar-refractivity contribution in [2.24, 2.45) is 0 Å². The van der Waals surface area contributed by atoms with Crippen molar-refractivity contribution >= 4 is 23.1 Å². The molecular formula is C22H22N4O2S2. The molecule has 4 aromatic rings. The van der Waals surface area contributed by atoms with E-state index in [4.69, 9.17) is 14.5 Å². The zero-order valence-corrected chi connectivity index (χ0v) is 18.9. The van der Waals surface area contributed by atoms with Crippen LogP contribution in [0.2, 0.25) is 0 Å². The van der Waals surface area contributed by atoms with E-state index in [1.165, 1.54) is 11.1 Å². The Morgan fingerprint density at radius 1 is 1.07 bits per heavy atom. The summed E-state index contributed by atoms with van der Waals surface area (Å²) in [6, 6.07) is 12.1. The number of aryl methyl sites for hydroxylation is 2. The summed E-state index contributed by atoms with van der Waals surface area (Å²) < 4.78 is 12.8. The average molecular weight is 439 g/mol. The minimum absolute atomic E-state index is 0.707. The second-order valence-electron chi connectivity index (χ2n) is 6.77. The molecule has 2 heterocycles. The summed E-state index contributed by atoms with van der Waals surface area (Å²) in [7, 11) is 3.30. The number of aromatic nitrogens is 4. The topological polar surface area (TPSA) is 62.1 Å². The molecule has 0 aliphatic rings. The maximum atomic E-state index is 5.51. The number of benzene rings is 2. The minimum Gasteiger partial charge on any atom is -0.497 e. The predicted octanol–water partition coefficient (Wildman–Crippen LogP) is 5.32. The third kappa shape index (κ3) is 4.20. The highest BCUT2D eigenvalue weighted by Crippen LogP contribution is 2.36. The van der Waals surface area contributed by atoms with Gasteiger partial charge in [-0.3, -0.25) is 4.57 Å². The maximum absolute atomic E-state index is 5.51. The van der Waals surface area contributed by atoms with Gasteiger partial charge in [0.15, 0.2) is 5.16 Å². The molecule has 8 heteroatoms. The van der Waals surface area contributed by atoms with Crippen LogP contribution < -0.4 is 9.47 Å². The van der Waals surface area contributed by atoms with E-state index in [0.717, 1.165) is 38.6 Å². The van der Waals surface area contributed by atoms with Crippen LogP contribution >= 0.6 is 23.1 Å². The van der Waals surface area contributed by atoms with Crippen molar-refractivity contribution in [2.75, 3.05) is 14.2 Å². The molecule has 2 aromatic carbocycles. The van der Waals surface area contributed by atoms with Gasteiger partial charge in [0.2, 0.25) is 0 Å². The number of hydrogen-bond acceptors (Lipinski definition) is 7. The van der Waals surface area contributed by atoms with Crippen LogP contribution in [0.1, 0.15) is 16.8 Å². The van der Waals surface area contributed by atoms with Crippen LogP contribution in [0.25, 0.3) is 16.3 Å². The van der Waals surface area contributed by atoms with E-state index in [2.05, 4.69) is 47.6 Å². The number of thiazole rings is 1. The van der Waals surface area contributed by atoms with E-state index < -0.39 is 0 Å². The first kappa shape index (κ1) is 20.4. The first-order valence-electron chi connectivity index (χ1n) is 9.36. The summed E-state index contributed by atoms with van der Waals surface area (Å²) in [5, 5.41) is 12.2. The van der Waals surface area contributed by atoms with E-state index in [1.807, 2.05) is 22.8 Å². The molecule has 6 nitrogen and oxygen atoms in total. The predicted molar refractivity (Wildman–Crippen MR) is 121 cm³/mol. The highest BCUT2D eigenvalue weighted by Gasteiger charge is 2.14. The van der Waals surface area contributed by atoms with Gasteiger partial charge < -0.3 is 9.47 Å². The van der Waals surface area contributed by atoms with Gasteiger partial charge in [-0.2, -0.15) is 0 Å². The van der Waals surface area contributed by atoms with Crippen LogP contribution in [0.5, 0.6) is 11.5 Å². The molecule has 0 unspecified atom stereocenters. The summed E-state index contributed by atoms with van der Waals surface area (Å²) in [5.74, 6) is 2.21. The van der Waals surface area contributed by atoms with Crippen molar-refractivity contribution in [1.29, 1.82) is 0 Å². The molecule has 0 saturated carbocycles. The zero-order valence-electron chi connectivity index (χ0n) is 17.2. The van der Waals surface area contributed by atoms with Crippen molar-refractivity contribution < 1.29 is 9.47 Å². The Bertz CT molecular complexity index is 1170. The molecular weight excluding hydrogens is 416 g/mol. The van der Waals surface area contributed by atoms with Gasteiger partial charge in [-0.25, -0.2) is 4.98 Å². The van der Waals surface area contributed by atoms with Crippen LogP contribution in [-0.2, 0) is 5.75 Å². The molecule has 0 aliphatic heterocycles. The van der Waals surface area contributed by atoms with Gasteiger partial charge >= 0.3 is 0 Å². The monoisotopic (exact) mass is 438 g/mol. The van der Waals surface area contributed by atoms with Crippen LogP contribution in [0.15, 0.2) is 53.3 Å². The number of thioether (sulfide) groups is 1. The quantitative estimate of drug-likeness (QED) is 0.364. The average Bonchev–Trinajstić information content (AvgIpc) is 3.41. The molecule has 0 spiro atoms. The summed E-state index contributed by atoms with van der Waals surface area (Å²) in [5.41, 5.74) is 5.47. The van der Waals surface area contributed by atoms with E-state index in [0.29, 0.717) is 5.75 Å². The van der Waals surface area contributed by atoms with Gasteiger partial charge in [-0.1, -0.05) is 29.5 Å². The molecule has 0 atom stereocenters. The molecule has 0 fully saturated rings. The Morgan fingerprint density at radius 2 is 1.93 bits per heavy atom.